The minimum Gasteiger partial charge on any atom is -0.626 e. The predicted octanol–water partition coefficient (Wildman–Crippen LogP) is -0.358. The molecule has 44 valence electrons. The molecule has 1 aromatic rings. The third kappa shape index (κ3) is 1.63. The van der Waals surface area contributed by atoms with Gasteiger partial charge in [-0.05, 0) is 6.92 Å². The number of hydrogen-bond donors (Lipinski definition) is 0. The Morgan fingerprint density at radius 3 is 2.78 bits per heavy atom. The quantitative estimate of drug-likeness (QED) is 0.496. The number of rotatable bonds is 1. The van der Waals surface area contributed by atoms with E-state index in [9.17, 15) is 0 Å². The lowest BCUT2D eigenvalue weighted by atomic mass is 10.7. The largest absolute Gasteiger partial charge is 0.626 e. The summed E-state index contributed by atoms with van der Waals surface area (Å²) >= 11 is 2.06. The second-order valence-electron chi connectivity index (χ2n) is 1.43. The van der Waals surface area contributed by atoms with Crippen LogP contribution < -0.4 is 3.79 Å². The molecule has 5 heteroatoms. The van der Waals surface area contributed by atoms with Crippen LogP contribution in [0.4, 0.5) is 0 Å². The highest BCUT2D eigenvalue weighted by atomic mass is 27.1. The van der Waals surface area contributed by atoms with E-state index < -0.39 is 0 Å². The van der Waals surface area contributed by atoms with Crippen molar-refractivity contribution in [1.82, 2.24) is 15.0 Å². The molecule has 9 heavy (non-hydrogen) atoms. The molecule has 0 aliphatic heterocycles. The van der Waals surface area contributed by atoms with Crippen molar-refractivity contribution in [3.63, 3.8) is 0 Å². The summed E-state index contributed by atoms with van der Waals surface area (Å²) in [6.07, 6.45) is 1.40. The van der Waals surface area contributed by atoms with Crippen molar-refractivity contribution in [3.05, 3.63) is 12.2 Å². The van der Waals surface area contributed by atoms with Gasteiger partial charge in [-0.15, -0.1) is 0 Å². The van der Waals surface area contributed by atoms with E-state index in [4.69, 9.17) is 0 Å². The Hall–Kier alpha value is -0.658. The van der Waals surface area contributed by atoms with Crippen LogP contribution >= 0.6 is 0 Å². The summed E-state index contributed by atoms with van der Waals surface area (Å²) in [5.74, 6) is 0.655. The molecule has 2 radical (unpaired) electrons. The molecule has 0 unspecified atom stereocenters. The first kappa shape index (κ1) is 6.46. The third-order valence-corrected chi connectivity index (χ3v) is 0.986. The average molecular weight is 137 g/mol. The van der Waals surface area contributed by atoms with Gasteiger partial charge in [-0.3, -0.25) is 0 Å². The summed E-state index contributed by atoms with van der Waals surface area (Å²) in [5.41, 5.74) is 0. The van der Waals surface area contributed by atoms with Gasteiger partial charge in [0.05, 0.1) is 0 Å². The molecular formula is C4H4AlN3O. The fourth-order valence-electron chi connectivity index (χ4n) is 0.415. The standard InChI is InChI=1S/C4H5N3O.Al/c1-3-5-2-6-4(8)7-3;/h2H,1H3,(H,5,6,7,8);/q;+1/p-1. The van der Waals surface area contributed by atoms with E-state index in [-0.39, 0.29) is 0 Å². The maximum Gasteiger partial charge on any atom is 0.485 e. The van der Waals surface area contributed by atoms with Crippen LogP contribution in [0.3, 0.4) is 0 Å². The zero-order chi connectivity index (χ0) is 6.69. The minimum atomic E-state index is 0.326. The minimum absolute atomic E-state index is 0.326. The molecular weight excluding hydrogens is 133 g/mol. The molecule has 0 bridgehead atoms. The molecule has 0 spiro atoms. The lowest BCUT2D eigenvalue weighted by molar-refractivity contribution is 0.549. The first-order valence-electron chi connectivity index (χ1n) is 2.35. The second kappa shape index (κ2) is 2.76. The molecule has 1 heterocycles. The number of aryl methyl sites for hydroxylation is 1. The topological polar surface area (TPSA) is 47.9 Å². The fourth-order valence-corrected chi connectivity index (χ4v) is 0.528. The van der Waals surface area contributed by atoms with Gasteiger partial charge in [-0.1, -0.05) is 0 Å². The SMILES string of the molecule is Cc1ncnc([O][Al])n1. The Kier molecular flexibility index (Phi) is 1.98. The van der Waals surface area contributed by atoms with Crippen molar-refractivity contribution in [2.45, 2.75) is 6.92 Å². The van der Waals surface area contributed by atoms with Crippen LogP contribution in [0.5, 0.6) is 6.01 Å². The van der Waals surface area contributed by atoms with Crippen molar-refractivity contribution in [3.8, 4) is 6.01 Å². The van der Waals surface area contributed by atoms with Crippen LogP contribution in [0.25, 0.3) is 0 Å². The van der Waals surface area contributed by atoms with Gasteiger partial charge < -0.3 is 3.79 Å². The smallest absolute Gasteiger partial charge is 0.485 e. The van der Waals surface area contributed by atoms with E-state index in [0.29, 0.717) is 11.8 Å². The molecule has 0 N–H and O–H groups in total. The molecule has 0 saturated heterocycles. The van der Waals surface area contributed by atoms with Gasteiger partial charge in [0.1, 0.15) is 12.2 Å². The molecule has 4 nitrogen and oxygen atoms in total. The Morgan fingerprint density at radius 1 is 1.56 bits per heavy atom. The van der Waals surface area contributed by atoms with Crippen molar-refractivity contribution in [2.24, 2.45) is 0 Å². The highest BCUT2D eigenvalue weighted by Crippen LogP contribution is 1.95. The molecule has 0 amide bonds. The third-order valence-electron chi connectivity index (χ3n) is 0.776. The normalized spacial score (nSPS) is 9.00. The first-order valence-corrected chi connectivity index (χ1v) is 2.82. The maximum atomic E-state index is 4.65. The Labute approximate surface area is 61.1 Å². The molecule has 0 atom stereocenters. The van der Waals surface area contributed by atoms with Gasteiger partial charge in [0.15, 0.2) is 0 Å². The number of aromatic nitrogens is 3. The summed E-state index contributed by atoms with van der Waals surface area (Å²) in [7, 11) is 0. The van der Waals surface area contributed by atoms with Gasteiger partial charge in [-0.2, -0.15) is 9.97 Å². The summed E-state index contributed by atoms with van der Waals surface area (Å²) in [6, 6.07) is 0.326. The summed E-state index contributed by atoms with van der Waals surface area (Å²) in [4.78, 5) is 11.3. The maximum absolute atomic E-state index is 4.65. The van der Waals surface area contributed by atoms with E-state index in [2.05, 4.69) is 35.4 Å². The monoisotopic (exact) mass is 137 g/mol. The van der Waals surface area contributed by atoms with Gasteiger partial charge in [-0.25, -0.2) is 4.98 Å². The van der Waals surface area contributed by atoms with E-state index in [1.807, 2.05) is 0 Å². The molecule has 1 rings (SSSR count). The predicted molar refractivity (Wildman–Crippen MR) is 30.9 cm³/mol. The Bertz CT molecular complexity index is 205. The van der Waals surface area contributed by atoms with E-state index >= 15 is 0 Å². The zero-order valence-electron chi connectivity index (χ0n) is 4.90. The first-order chi connectivity index (χ1) is 4.33. The van der Waals surface area contributed by atoms with Crippen LogP contribution in [0.1, 0.15) is 5.82 Å². The van der Waals surface area contributed by atoms with Gasteiger partial charge >= 0.3 is 16.6 Å². The Balaban J connectivity index is 2.94. The number of nitrogens with zero attached hydrogens (tertiary/aromatic N) is 3. The Morgan fingerprint density at radius 2 is 2.33 bits per heavy atom. The van der Waals surface area contributed by atoms with Crippen molar-refractivity contribution in [2.75, 3.05) is 0 Å². The van der Waals surface area contributed by atoms with E-state index in [0.717, 1.165) is 0 Å². The van der Waals surface area contributed by atoms with Crippen molar-refractivity contribution in [1.29, 1.82) is 0 Å². The molecule has 0 fully saturated rings. The van der Waals surface area contributed by atoms with Crippen LogP contribution in [0.15, 0.2) is 6.33 Å². The van der Waals surface area contributed by atoms with Gasteiger partial charge in [0.25, 0.3) is 6.01 Å². The average Bonchev–Trinajstić information content (AvgIpc) is 1.88. The fraction of sp³-hybridized carbons (Fsp3) is 0.250. The van der Waals surface area contributed by atoms with Gasteiger partial charge in [0.2, 0.25) is 0 Å². The lowest BCUT2D eigenvalue weighted by Gasteiger charge is -1.96. The van der Waals surface area contributed by atoms with E-state index in [1.165, 1.54) is 6.33 Å². The summed E-state index contributed by atoms with van der Waals surface area (Å²) in [6.45, 7) is 1.77. The molecule has 0 aromatic carbocycles. The second-order valence-corrected chi connectivity index (χ2v) is 1.67. The highest BCUT2D eigenvalue weighted by molar-refractivity contribution is 5.99. The lowest BCUT2D eigenvalue weighted by Crippen LogP contribution is -1.95. The summed E-state index contributed by atoms with van der Waals surface area (Å²) in [5, 5.41) is 0. The van der Waals surface area contributed by atoms with Crippen molar-refractivity contribution >= 4 is 16.6 Å². The highest BCUT2D eigenvalue weighted by Gasteiger charge is 1.90. The number of hydrogen-bond acceptors (Lipinski definition) is 4. The molecule has 1 aromatic heterocycles. The van der Waals surface area contributed by atoms with Crippen LogP contribution in [0, 0.1) is 6.92 Å². The zero-order valence-corrected chi connectivity index (χ0v) is 6.06. The van der Waals surface area contributed by atoms with Crippen LogP contribution in [-0.4, -0.2) is 31.6 Å². The molecule has 0 aliphatic carbocycles. The van der Waals surface area contributed by atoms with Gasteiger partial charge in [0, 0.05) is 0 Å². The van der Waals surface area contributed by atoms with Crippen molar-refractivity contribution < 1.29 is 3.79 Å². The van der Waals surface area contributed by atoms with Crippen LogP contribution in [0.2, 0.25) is 0 Å². The summed E-state index contributed by atoms with van der Waals surface area (Å²) < 4.78 is 4.65. The molecule has 0 aliphatic rings. The van der Waals surface area contributed by atoms with E-state index in [1.54, 1.807) is 6.92 Å². The van der Waals surface area contributed by atoms with Crippen LogP contribution in [-0.2, 0) is 0 Å². The molecule has 0 saturated carbocycles.